The van der Waals surface area contributed by atoms with Crippen LogP contribution in [0.15, 0.2) is 30.3 Å². The van der Waals surface area contributed by atoms with Gasteiger partial charge in [-0.25, -0.2) is 9.18 Å². The van der Waals surface area contributed by atoms with E-state index in [4.69, 9.17) is 0 Å². The zero-order valence-corrected chi connectivity index (χ0v) is 19.5. The van der Waals surface area contributed by atoms with Crippen LogP contribution in [-0.2, 0) is 9.59 Å². The van der Waals surface area contributed by atoms with E-state index in [0.717, 1.165) is 29.9 Å². The molecule has 0 unspecified atom stereocenters. The molecule has 0 radical (unpaired) electrons. The SMILES string of the molecule is Cc1cc(C(=O)NNC(=O)CN2C(=O)N(C)C3(CCCCC3)C2=O)c(C)n1-c1ccc(F)cc1. The number of hydrazine groups is 1. The number of halogens is 1. The summed E-state index contributed by atoms with van der Waals surface area (Å²) in [5.41, 5.74) is 6.19. The van der Waals surface area contributed by atoms with Gasteiger partial charge in [0.2, 0.25) is 0 Å². The Morgan fingerprint density at radius 1 is 1.03 bits per heavy atom. The molecule has 34 heavy (non-hydrogen) atoms. The van der Waals surface area contributed by atoms with Crippen LogP contribution in [0.5, 0.6) is 0 Å². The Kier molecular flexibility index (Phi) is 6.16. The summed E-state index contributed by atoms with van der Waals surface area (Å²) < 4.78 is 15.1. The Balaban J connectivity index is 1.41. The van der Waals surface area contributed by atoms with Crippen molar-refractivity contribution in [2.24, 2.45) is 0 Å². The first-order valence-electron chi connectivity index (χ1n) is 11.3. The van der Waals surface area contributed by atoms with Crippen LogP contribution in [0.1, 0.15) is 53.8 Å². The van der Waals surface area contributed by atoms with Crippen LogP contribution in [0, 0.1) is 19.7 Å². The van der Waals surface area contributed by atoms with E-state index in [1.54, 1.807) is 36.7 Å². The van der Waals surface area contributed by atoms with E-state index in [2.05, 4.69) is 10.9 Å². The molecule has 2 fully saturated rings. The minimum absolute atomic E-state index is 0.330. The first kappa shape index (κ1) is 23.5. The third-order valence-electron chi connectivity index (χ3n) is 6.86. The molecule has 1 aromatic heterocycles. The van der Waals surface area contributed by atoms with Crippen molar-refractivity contribution >= 4 is 23.8 Å². The number of carbonyl (C=O) groups is 4. The fourth-order valence-electron chi connectivity index (χ4n) is 5.03. The minimum Gasteiger partial charge on any atom is -0.318 e. The number of imide groups is 1. The minimum atomic E-state index is -0.864. The average molecular weight is 470 g/mol. The zero-order valence-electron chi connectivity index (χ0n) is 19.5. The standard InChI is InChI=1S/C24H28FN5O4/c1-15-13-19(16(2)30(15)18-9-7-17(25)8-10-18)21(32)27-26-20(31)14-29-22(33)24(28(3)23(29)34)11-5-4-6-12-24/h7-10,13H,4-6,11-12,14H2,1-3H3,(H,26,31)(H,27,32). The van der Waals surface area contributed by atoms with Crippen LogP contribution in [0.3, 0.4) is 0 Å². The van der Waals surface area contributed by atoms with Gasteiger partial charge in [-0.15, -0.1) is 0 Å². The number of nitrogens with one attached hydrogen (secondary N) is 2. The maximum Gasteiger partial charge on any atom is 0.327 e. The summed E-state index contributed by atoms with van der Waals surface area (Å²) in [7, 11) is 1.60. The van der Waals surface area contributed by atoms with Crippen molar-refractivity contribution in [1.29, 1.82) is 0 Å². The largest absolute Gasteiger partial charge is 0.327 e. The second-order valence-corrected chi connectivity index (χ2v) is 8.92. The van der Waals surface area contributed by atoms with Crippen molar-refractivity contribution in [1.82, 2.24) is 25.2 Å². The Morgan fingerprint density at radius 3 is 2.32 bits per heavy atom. The number of aromatic nitrogens is 1. The highest BCUT2D eigenvalue weighted by atomic mass is 19.1. The lowest BCUT2D eigenvalue weighted by Crippen LogP contribution is -2.50. The summed E-state index contributed by atoms with van der Waals surface area (Å²) in [5, 5.41) is 0. The van der Waals surface area contributed by atoms with Crippen LogP contribution in [0.2, 0.25) is 0 Å². The lowest BCUT2D eigenvalue weighted by atomic mass is 9.81. The number of urea groups is 1. The van der Waals surface area contributed by atoms with Gasteiger partial charge in [-0.05, 0) is 57.0 Å². The molecule has 1 aliphatic heterocycles. The van der Waals surface area contributed by atoms with Crippen LogP contribution in [0.4, 0.5) is 9.18 Å². The van der Waals surface area contributed by atoms with Crippen LogP contribution in [0.25, 0.3) is 5.69 Å². The fraction of sp³-hybridized carbons (Fsp3) is 0.417. The molecule has 180 valence electrons. The molecule has 4 rings (SSSR count). The summed E-state index contributed by atoms with van der Waals surface area (Å²) in [6, 6.07) is 7.05. The highest BCUT2D eigenvalue weighted by molar-refractivity contribution is 6.09. The molecule has 9 nitrogen and oxygen atoms in total. The summed E-state index contributed by atoms with van der Waals surface area (Å²) in [6.45, 7) is 3.08. The number of benzene rings is 1. The second kappa shape index (κ2) is 8.92. The van der Waals surface area contributed by atoms with E-state index in [-0.39, 0.29) is 11.7 Å². The molecule has 5 amide bonds. The molecule has 1 saturated heterocycles. The monoisotopic (exact) mass is 469 g/mol. The number of aryl methyl sites for hydroxylation is 1. The molecule has 1 aliphatic carbocycles. The smallest absolute Gasteiger partial charge is 0.318 e. The molecular formula is C24H28FN5O4. The molecule has 10 heteroatoms. The highest BCUT2D eigenvalue weighted by Crippen LogP contribution is 2.39. The average Bonchev–Trinajstić information content (AvgIpc) is 3.21. The summed E-state index contributed by atoms with van der Waals surface area (Å²) >= 11 is 0. The molecule has 1 aromatic carbocycles. The van der Waals surface area contributed by atoms with Crippen molar-refractivity contribution < 1.29 is 23.6 Å². The molecular weight excluding hydrogens is 441 g/mol. The summed E-state index contributed by atoms with van der Waals surface area (Å²) in [6.07, 6.45) is 3.91. The normalized spacial score (nSPS) is 17.4. The molecule has 1 spiro atoms. The van der Waals surface area contributed by atoms with E-state index in [1.165, 1.54) is 17.0 Å². The van der Waals surface area contributed by atoms with Gasteiger partial charge in [0.15, 0.2) is 0 Å². The Morgan fingerprint density at radius 2 is 1.68 bits per heavy atom. The third kappa shape index (κ3) is 3.93. The predicted octanol–water partition coefficient (Wildman–Crippen LogP) is 2.59. The van der Waals surface area contributed by atoms with Gasteiger partial charge >= 0.3 is 6.03 Å². The number of carbonyl (C=O) groups excluding carboxylic acids is 4. The first-order valence-corrected chi connectivity index (χ1v) is 11.3. The van der Waals surface area contributed by atoms with Gasteiger partial charge in [0, 0.05) is 24.1 Å². The van der Waals surface area contributed by atoms with Crippen molar-refractivity contribution in [3.05, 3.63) is 53.1 Å². The molecule has 0 bridgehead atoms. The number of nitrogens with zero attached hydrogens (tertiary/aromatic N) is 3. The maximum atomic E-state index is 13.3. The quantitative estimate of drug-likeness (QED) is 0.531. The van der Waals surface area contributed by atoms with E-state index in [0.29, 0.717) is 29.8 Å². The number of hydrogen-bond donors (Lipinski definition) is 2. The lowest BCUT2D eigenvalue weighted by Gasteiger charge is -2.35. The van der Waals surface area contributed by atoms with Gasteiger partial charge < -0.3 is 9.47 Å². The Hall–Kier alpha value is -3.69. The summed E-state index contributed by atoms with van der Waals surface area (Å²) in [4.78, 5) is 53.3. The Labute approximate surface area is 196 Å². The van der Waals surface area contributed by atoms with Gasteiger partial charge in [-0.1, -0.05) is 19.3 Å². The number of amides is 5. The van der Waals surface area contributed by atoms with Crippen LogP contribution >= 0.6 is 0 Å². The number of hydrogen-bond acceptors (Lipinski definition) is 4. The van der Waals surface area contributed by atoms with Crippen LogP contribution < -0.4 is 10.9 Å². The van der Waals surface area contributed by atoms with E-state index < -0.39 is 29.9 Å². The predicted molar refractivity (Wildman–Crippen MR) is 121 cm³/mol. The van der Waals surface area contributed by atoms with Crippen molar-refractivity contribution in [3.63, 3.8) is 0 Å². The highest BCUT2D eigenvalue weighted by Gasteiger charge is 2.55. The van der Waals surface area contributed by atoms with Gasteiger partial charge in [-0.3, -0.25) is 30.1 Å². The van der Waals surface area contributed by atoms with Gasteiger partial charge in [0.25, 0.3) is 17.7 Å². The van der Waals surface area contributed by atoms with Gasteiger partial charge in [-0.2, -0.15) is 0 Å². The molecule has 2 aromatic rings. The molecule has 2 aliphatic rings. The summed E-state index contributed by atoms with van der Waals surface area (Å²) in [5.74, 6) is -1.94. The van der Waals surface area contributed by atoms with Crippen LogP contribution in [-0.4, -0.2) is 57.3 Å². The molecule has 2 N–H and O–H groups in total. The molecule has 1 saturated carbocycles. The number of rotatable bonds is 4. The molecule has 0 atom stereocenters. The number of likely N-dealkylation sites (N-methyl/N-ethyl adjacent to an activating group) is 1. The van der Waals surface area contributed by atoms with Crippen molar-refractivity contribution in [2.45, 2.75) is 51.5 Å². The van der Waals surface area contributed by atoms with Gasteiger partial charge in [0.05, 0.1) is 5.56 Å². The van der Waals surface area contributed by atoms with Crippen molar-refractivity contribution in [3.8, 4) is 5.69 Å². The van der Waals surface area contributed by atoms with Crippen molar-refractivity contribution in [2.75, 3.05) is 13.6 Å². The second-order valence-electron chi connectivity index (χ2n) is 8.92. The third-order valence-corrected chi connectivity index (χ3v) is 6.86. The lowest BCUT2D eigenvalue weighted by molar-refractivity contribution is -0.137. The first-order chi connectivity index (χ1) is 16.2. The Bertz CT molecular complexity index is 1150. The topological polar surface area (TPSA) is 104 Å². The van der Waals surface area contributed by atoms with Gasteiger partial charge in [0.1, 0.15) is 17.9 Å². The van der Waals surface area contributed by atoms with E-state index >= 15 is 0 Å². The fourth-order valence-corrected chi connectivity index (χ4v) is 5.03. The molecule has 2 heterocycles. The maximum absolute atomic E-state index is 13.3. The zero-order chi connectivity index (χ0) is 24.6. The van der Waals surface area contributed by atoms with E-state index in [1.807, 2.05) is 6.92 Å². The van der Waals surface area contributed by atoms with E-state index in [9.17, 15) is 23.6 Å².